The number of hydrogen-bond donors (Lipinski definition) is 2. The molecule has 1 rings (SSSR count). The van der Waals surface area contributed by atoms with Gasteiger partial charge in [0.2, 0.25) is 11.8 Å². The molecule has 0 saturated carbocycles. The van der Waals surface area contributed by atoms with Gasteiger partial charge in [0.25, 0.3) is 0 Å². The Morgan fingerprint density at radius 2 is 1.60 bits per heavy atom. The van der Waals surface area contributed by atoms with E-state index in [1.54, 1.807) is 0 Å². The molecule has 1 aromatic rings. The highest BCUT2D eigenvalue weighted by molar-refractivity contribution is 8.00. The maximum Gasteiger partial charge on any atom is 0.234 e. The van der Waals surface area contributed by atoms with Crippen molar-refractivity contribution in [2.45, 2.75) is 33.2 Å². The van der Waals surface area contributed by atoms with Crippen molar-refractivity contribution in [2.75, 3.05) is 16.8 Å². The number of aryl methyl sites for hydroxylation is 1. The van der Waals surface area contributed by atoms with Crippen molar-refractivity contribution in [3.63, 3.8) is 0 Å². The lowest BCUT2D eigenvalue weighted by atomic mass is 10.1. The van der Waals surface area contributed by atoms with Gasteiger partial charge in [-0.05, 0) is 39.8 Å². The van der Waals surface area contributed by atoms with Crippen LogP contribution in [0.5, 0.6) is 0 Å². The molecule has 0 heterocycles. The zero-order valence-electron chi connectivity index (χ0n) is 12.4. The van der Waals surface area contributed by atoms with Gasteiger partial charge in [0.1, 0.15) is 0 Å². The summed E-state index contributed by atoms with van der Waals surface area (Å²) in [6, 6.07) is 7.62. The first-order chi connectivity index (χ1) is 9.26. The molecular formula is C15H22N2O2S. The first-order valence-corrected chi connectivity index (χ1v) is 7.67. The van der Waals surface area contributed by atoms with E-state index in [1.807, 2.05) is 52.0 Å². The van der Waals surface area contributed by atoms with Crippen LogP contribution in [0.2, 0.25) is 0 Å². The summed E-state index contributed by atoms with van der Waals surface area (Å²) in [5.74, 6) is 0.414. The Hall–Kier alpha value is -1.49. The predicted molar refractivity (Wildman–Crippen MR) is 85.0 cm³/mol. The molecule has 4 nitrogen and oxygen atoms in total. The van der Waals surface area contributed by atoms with Crippen LogP contribution in [0.4, 0.5) is 5.69 Å². The molecule has 0 radical (unpaired) electrons. The van der Waals surface area contributed by atoms with Crippen LogP contribution < -0.4 is 10.6 Å². The lowest BCUT2D eigenvalue weighted by molar-refractivity contribution is -0.119. The lowest BCUT2D eigenvalue weighted by Crippen LogP contribution is -2.41. The Labute approximate surface area is 124 Å². The molecule has 0 aromatic heterocycles. The van der Waals surface area contributed by atoms with E-state index in [0.29, 0.717) is 5.75 Å². The SMILES string of the molecule is Cc1ccc(NC(=O)CSCC(=O)NC(C)(C)C)cc1. The van der Waals surface area contributed by atoms with E-state index < -0.39 is 0 Å². The van der Waals surface area contributed by atoms with Crippen LogP contribution in [-0.4, -0.2) is 28.9 Å². The Balaban J connectivity index is 2.27. The van der Waals surface area contributed by atoms with Gasteiger partial charge in [0.15, 0.2) is 0 Å². The van der Waals surface area contributed by atoms with Gasteiger partial charge in [-0.1, -0.05) is 17.7 Å². The predicted octanol–water partition coefficient (Wildman–Crippen LogP) is 2.58. The fourth-order valence-corrected chi connectivity index (χ4v) is 2.14. The zero-order chi connectivity index (χ0) is 15.2. The smallest absolute Gasteiger partial charge is 0.234 e. The minimum atomic E-state index is -0.234. The summed E-state index contributed by atoms with van der Waals surface area (Å²) in [7, 11) is 0. The fraction of sp³-hybridized carbons (Fsp3) is 0.467. The maximum absolute atomic E-state index is 11.7. The van der Waals surface area contributed by atoms with Gasteiger partial charge in [-0.2, -0.15) is 0 Å². The largest absolute Gasteiger partial charge is 0.351 e. The molecule has 0 saturated heterocycles. The van der Waals surface area contributed by atoms with E-state index in [9.17, 15) is 9.59 Å². The third kappa shape index (κ3) is 7.19. The van der Waals surface area contributed by atoms with Crippen LogP contribution in [0.15, 0.2) is 24.3 Å². The second kappa shape index (κ2) is 7.33. The standard InChI is InChI=1S/C15H22N2O2S/c1-11-5-7-12(8-6-11)16-13(18)9-20-10-14(19)17-15(2,3)4/h5-8H,9-10H2,1-4H3,(H,16,18)(H,17,19). The first kappa shape index (κ1) is 16.6. The van der Waals surface area contributed by atoms with Crippen LogP contribution in [0, 0.1) is 6.92 Å². The molecule has 0 aliphatic rings. The number of anilines is 1. The summed E-state index contributed by atoms with van der Waals surface area (Å²) in [6.07, 6.45) is 0. The van der Waals surface area contributed by atoms with E-state index in [4.69, 9.17) is 0 Å². The number of rotatable bonds is 5. The number of carbonyl (C=O) groups excluding carboxylic acids is 2. The van der Waals surface area contributed by atoms with Gasteiger partial charge in [-0.25, -0.2) is 0 Å². The van der Waals surface area contributed by atoms with Gasteiger partial charge >= 0.3 is 0 Å². The molecule has 0 fully saturated rings. The summed E-state index contributed by atoms with van der Waals surface area (Å²) in [5.41, 5.74) is 1.69. The van der Waals surface area contributed by atoms with Gasteiger partial charge in [0.05, 0.1) is 11.5 Å². The third-order valence-corrected chi connectivity index (χ3v) is 3.25. The summed E-state index contributed by atoms with van der Waals surface area (Å²) < 4.78 is 0. The van der Waals surface area contributed by atoms with E-state index in [0.717, 1.165) is 11.3 Å². The summed E-state index contributed by atoms with van der Waals surface area (Å²) in [4.78, 5) is 23.3. The fourth-order valence-electron chi connectivity index (χ4n) is 1.52. The van der Waals surface area contributed by atoms with Crippen molar-refractivity contribution in [3.8, 4) is 0 Å². The van der Waals surface area contributed by atoms with Crippen molar-refractivity contribution in [3.05, 3.63) is 29.8 Å². The van der Waals surface area contributed by atoms with Crippen molar-refractivity contribution in [1.29, 1.82) is 0 Å². The second-order valence-electron chi connectivity index (χ2n) is 5.71. The van der Waals surface area contributed by atoms with Gasteiger partial charge in [-0.15, -0.1) is 11.8 Å². The van der Waals surface area contributed by atoms with E-state index in [2.05, 4.69) is 10.6 Å². The van der Waals surface area contributed by atoms with E-state index in [-0.39, 0.29) is 23.1 Å². The number of hydrogen-bond acceptors (Lipinski definition) is 3. The number of benzene rings is 1. The van der Waals surface area contributed by atoms with Crippen LogP contribution in [-0.2, 0) is 9.59 Å². The molecule has 2 amide bonds. The van der Waals surface area contributed by atoms with Crippen LogP contribution in [0.25, 0.3) is 0 Å². The molecule has 0 aliphatic heterocycles. The normalized spacial score (nSPS) is 11.0. The van der Waals surface area contributed by atoms with Crippen molar-refractivity contribution >= 4 is 29.3 Å². The van der Waals surface area contributed by atoms with Crippen molar-refractivity contribution in [2.24, 2.45) is 0 Å². The highest BCUT2D eigenvalue weighted by Gasteiger charge is 2.13. The molecule has 5 heteroatoms. The molecule has 0 atom stereocenters. The van der Waals surface area contributed by atoms with Crippen LogP contribution in [0.3, 0.4) is 0 Å². The molecule has 2 N–H and O–H groups in total. The number of amides is 2. The Kier molecular flexibility index (Phi) is 6.07. The zero-order valence-corrected chi connectivity index (χ0v) is 13.3. The Morgan fingerprint density at radius 3 is 2.15 bits per heavy atom. The van der Waals surface area contributed by atoms with Gasteiger partial charge in [-0.3, -0.25) is 9.59 Å². The minimum absolute atomic E-state index is 0.0503. The number of nitrogens with one attached hydrogen (secondary N) is 2. The highest BCUT2D eigenvalue weighted by Crippen LogP contribution is 2.10. The van der Waals surface area contributed by atoms with E-state index >= 15 is 0 Å². The molecule has 0 aliphatic carbocycles. The molecule has 20 heavy (non-hydrogen) atoms. The number of thioether (sulfide) groups is 1. The quantitative estimate of drug-likeness (QED) is 0.877. The molecule has 110 valence electrons. The third-order valence-electron chi connectivity index (χ3n) is 2.32. The minimum Gasteiger partial charge on any atom is -0.351 e. The van der Waals surface area contributed by atoms with Crippen molar-refractivity contribution in [1.82, 2.24) is 5.32 Å². The molecule has 0 spiro atoms. The second-order valence-corrected chi connectivity index (χ2v) is 6.69. The lowest BCUT2D eigenvalue weighted by Gasteiger charge is -2.20. The molecule has 0 unspecified atom stereocenters. The topological polar surface area (TPSA) is 58.2 Å². The average molecular weight is 294 g/mol. The van der Waals surface area contributed by atoms with Gasteiger partial charge < -0.3 is 10.6 Å². The van der Waals surface area contributed by atoms with Gasteiger partial charge in [0, 0.05) is 11.2 Å². The van der Waals surface area contributed by atoms with Crippen LogP contribution >= 0.6 is 11.8 Å². The monoisotopic (exact) mass is 294 g/mol. The first-order valence-electron chi connectivity index (χ1n) is 6.51. The Bertz CT molecular complexity index is 464. The summed E-state index contributed by atoms with van der Waals surface area (Å²) in [6.45, 7) is 7.79. The summed E-state index contributed by atoms with van der Waals surface area (Å²) >= 11 is 1.31. The van der Waals surface area contributed by atoms with E-state index in [1.165, 1.54) is 11.8 Å². The summed E-state index contributed by atoms with van der Waals surface area (Å²) in [5, 5.41) is 5.66. The average Bonchev–Trinajstić information content (AvgIpc) is 2.29. The molecular weight excluding hydrogens is 272 g/mol. The Morgan fingerprint density at radius 1 is 1.05 bits per heavy atom. The maximum atomic E-state index is 11.7. The van der Waals surface area contributed by atoms with Crippen LogP contribution in [0.1, 0.15) is 26.3 Å². The molecule has 1 aromatic carbocycles. The molecule has 0 bridgehead atoms. The number of carbonyl (C=O) groups is 2. The highest BCUT2D eigenvalue weighted by atomic mass is 32.2. The van der Waals surface area contributed by atoms with Crippen molar-refractivity contribution < 1.29 is 9.59 Å².